The highest BCUT2D eigenvalue weighted by atomic mass is 35.5. The molecular weight excluding hydrogens is 463 g/mol. The maximum atomic E-state index is 14.2. The number of aromatic amines is 1. The van der Waals surface area contributed by atoms with Gasteiger partial charge in [-0.25, -0.2) is 9.18 Å². The predicted molar refractivity (Wildman–Crippen MR) is 124 cm³/mol. The molecule has 0 aliphatic carbocycles. The molecular formula is C24H24ClFN4O4. The van der Waals surface area contributed by atoms with Gasteiger partial charge in [-0.2, -0.15) is 0 Å². The van der Waals surface area contributed by atoms with Gasteiger partial charge in [-0.15, -0.1) is 0 Å². The van der Waals surface area contributed by atoms with Crippen LogP contribution in [0.15, 0.2) is 36.4 Å². The summed E-state index contributed by atoms with van der Waals surface area (Å²) in [5.41, 5.74) is 1.39. The number of benzene rings is 2. The summed E-state index contributed by atoms with van der Waals surface area (Å²) in [6.45, 7) is 2.55. The number of carbonyl (C=O) groups is 2. The number of carbonyl (C=O) groups excluding carboxylic acids is 2. The molecule has 8 nitrogen and oxygen atoms in total. The first-order valence-corrected chi connectivity index (χ1v) is 11.4. The molecule has 4 N–H and O–H groups in total. The van der Waals surface area contributed by atoms with Crippen LogP contribution in [0.1, 0.15) is 29.8 Å². The van der Waals surface area contributed by atoms with Crippen molar-refractivity contribution in [3.05, 3.63) is 64.1 Å². The fourth-order valence-electron chi connectivity index (χ4n) is 5.14. The summed E-state index contributed by atoms with van der Waals surface area (Å²) in [4.78, 5) is 33.2. The van der Waals surface area contributed by atoms with Gasteiger partial charge in [-0.1, -0.05) is 23.7 Å². The average molecular weight is 487 g/mol. The molecule has 2 aliphatic rings. The number of nitrogens with one attached hydrogen (secondary N) is 2. The van der Waals surface area contributed by atoms with E-state index in [0.29, 0.717) is 35.2 Å². The zero-order valence-corrected chi connectivity index (χ0v) is 19.2. The van der Waals surface area contributed by atoms with Gasteiger partial charge in [0, 0.05) is 42.7 Å². The first kappa shape index (κ1) is 22.6. The van der Waals surface area contributed by atoms with Crippen molar-refractivity contribution >= 4 is 34.4 Å². The number of phenolic OH excluding ortho intramolecular Hbond substituents is 1. The Morgan fingerprint density at radius 2 is 2.06 bits per heavy atom. The first-order valence-electron chi connectivity index (χ1n) is 11.0. The second-order valence-electron chi connectivity index (χ2n) is 8.86. The number of aromatic nitrogens is 1. The number of phenols is 1. The number of aliphatic hydroxyl groups excluding tert-OH is 1. The smallest absolute Gasteiger partial charge is 0.328 e. The van der Waals surface area contributed by atoms with Crippen LogP contribution in [0.2, 0.25) is 5.02 Å². The molecule has 3 heterocycles. The number of aliphatic hydroxyl groups is 1. The summed E-state index contributed by atoms with van der Waals surface area (Å²) in [5, 5.41) is 22.8. The molecule has 0 saturated carbocycles. The number of urea groups is 1. The molecule has 3 amide bonds. The molecule has 2 aliphatic heterocycles. The number of amides is 3. The van der Waals surface area contributed by atoms with Crippen LogP contribution in [0.3, 0.4) is 0 Å². The zero-order valence-electron chi connectivity index (χ0n) is 18.4. The molecule has 3 aromatic rings. The van der Waals surface area contributed by atoms with Crippen molar-refractivity contribution < 1.29 is 24.2 Å². The third-order valence-corrected chi connectivity index (χ3v) is 6.98. The van der Waals surface area contributed by atoms with E-state index in [1.807, 2.05) is 0 Å². The molecule has 0 radical (unpaired) electrons. The Kier molecular flexibility index (Phi) is 5.50. The molecule has 1 fully saturated rings. The van der Waals surface area contributed by atoms with E-state index < -0.39 is 23.4 Å². The predicted octanol–water partition coefficient (Wildman–Crippen LogP) is 2.92. The number of aromatic hydroxyl groups is 1. The first-order chi connectivity index (χ1) is 16.3. The summed E-state index contributed by atoms with van der Waals surface area (Å²) < 4.78 is 14.2. The van der Waals surface area contributed by atoms with Crippen molar-refractivity contribution in [2.45, 2.75) is 24.9 Å². The average Bonchev–Trinajstić information content (AvgIpc) is 3.22. The summed E-state index contributed by atoms with van der Waals surface area (Å²) in [6, 6.07) is 8.24. The molecule has 1 saturated heterocycles. The van der Waals surface area contributed by atoms with Crippen LogP contribution in [0.25, 0.3) is 10.9 Å². The Morgan fingerprint density at radius 1 is 1.26 bits per heavy atom. The SMILES string of the molecule is C[C@@]12Cc3c([nH]c4cc(F)c(Cl)cc34)C(c3cccc(O)c3)N1C(=O)N(CCNCCO)C2=O. The van der Waals surface area contributed by atoms with Crippen LogP contribution < -0.4 is 5.32 Å². The monoisotopic (exact) mass is 486 g/mol. The van der Waals surface area contributed by atoms with Crippen molar-refractivity contribution in [1.29, 1.82) is 0 Å². The third-order valence-electron chi connectivity index (χ3n) is 6.69. The molecule has 1 aromatic heterocycles. The second kappa shape index (κ2) is 8.26. The second-order valence-corrected chi connectivity index (χ2v) is 9.27. The van der Waals surface area contributed by atoms with Gasteiger partial charge in [0.15, 0.2) is 0 Å². The fraction of sp³-hybridized carbons (Fsp3) is 0.333. The number of halogens is 2. The van der Waals surface area contributed by atoms with Crippen LogP contribution >= 0.6 is 11.6 Å². The number of hydrogen-bond donors (Lipinski definition) is 4. The van der Waals surface area contributed by atoms with E-state index >= 15 is 0 Å². The van der Waals surface area contributed by atoms with Gasteiger partial charge in [0.05, 0.1) is 11.6 Å². The number of imide groups is 1. The highest BCUT2D eigenvalue weighted by Crippen LogP contribution is 2.49. The molecule has 178 valence electrons. The highest BCUT2D eigenvalue weighted by molar-refractivity contribution is 6.31. The number of hydrogen-bond acceptors (Lipinski definition) is 5. The number of fused-ring (bicyclic) bond motifs is 4. The van der Waals surface area contributed by atoms with E-state index in [-0.39, 0.29) is 36.3 Å². The quantitative estimate of drug-likeness (QED) is 0.316. The van der Waals surface area contributed by atoms with Crippen molar-refractivity contribution in [2.24, 2.45) is 0 Å². The van der Waals surface area contributed by atoms with Gasteiger partial charge < -0.3 is 20.5 Å². The molecule has 1 unspecified atom stereocenters. The lowest BCUT2D eigenvalue weighted by Crippen LogP contribution is -2.53. The fourth-order valence-corrected chi connectivity index (χ4v) is 5.31. The minimum absolute atomic E-state index is 0.0267. The van der Waals surface area contributed by atoms with Crippen LogP contribution in [-0.4, -0.2) is 68.7 Å². The maximum absolute atomic E-state index is 14.2. The molecule has 34 heavy (non-hydrogen) atoms. The summed E-state index contributed by atoms with van der Waals surface area (Å²) in [6.07, 6.45) is 0.227. The summed E-state index contributed by atoms with van der Waals surface area (Å²) >= 11 is 6.08. The third kappa shape index (κ3) is 3.34. The number of rotatable bonds is 6. The van der Waals surface area contributed by atoms with Crippen molar-refractivity contribution in [3.8, 4) is 5.75 Å². The van der Waals surface area contributed by atoms with E-state index in [1.165, 1.54) is 23.1 Å². The van der Waals surface area contributed by atoms with E-state index in [2.05, 4.69) is 10.3 Å². The lowest BCUT2D eigenvalue weighted by Gasteiger charge is -2.42. The molecule has 0 spiro atoms. The molecule has 2 atom stereocenters. The Labute approximate surface area is 199 Å². The standard InChI is InChI=1S/C24H24ClFN4O4/c1-24-12-16-15-10-17(25)18(26)11-19(15)28-20(16)21(13-3-2-4-14(32)9-13)30(24)23(34)29(22(24)33)7-5-27-6-8-31/h2-4,9-11,21,27-28,31-32H,5-8,12H2,1H3/t21?,24-/m0/s1. The van der Waals surface area contributed by atoms with Gasteiger partial charge >= 0.3 is 6.03 Å². The molecule has 2 aromatic carbocycles. The maximum Gasteiger partial charge on any atom is 0.328 e. The van der Waals surface area contributed by atoms with Gasteiger partial charge in [-0.3, -0.25) is 14.6 Å². The molecule has 10 heteroatoms. The normalized spacial score (nSPS) is 21.9. The van der Waals surface area contributed by atoms with Crippen LogP contribution in [0, 0.1) is 5.82 Å². The molecule has 5 rings (SSSR count). The van der Waals surface area contributed by atoms with Gasteiger partial charge in [0.2, 0.25) is 0 Å². The molecule has 0 bridgehead atoms. The Hall–Kier alpha value is -3.14. The van der Waals surface area contributed by atoms with Crippen LogP contribution in [-0.2, 0) is 11.2 Å². The minimum Gasteiger partial charge on any atom is -0.508 e. The lowest BCUT2D eigenvalue weighted by molar-refractivity contribution is -0.133. The van der Waals surface area contributed by atoms with Crippen LogP contribution in [0.4, 0.5) is 9.18 Å². The minimum atomic E-state index is -1.19. The topological polar surface area (TPSA) is 109 Å². The largest absolute Gasteiger partial charge is 0.508 e. The zero-order chi connectivity index (χ0) is 24.2. The van der Waals surface area contributed by atoms with Crippen molar-refractivity contribution in [3.63, 3.8) is 0 Å². The summed E-state index contributed by atoms with van der Waals surface area (Å²) in [5.74, 6) is -0.872. The van der Waals surface area contributed by atoms with Crippen molar-refractivity contribution in [1.82, 2.24) is 20.1 Å². The number of H-pyrrole nitrogens is 1. The lowest BCUT2D eigenvalue weighted by atomic mass is 9.81. The van der Waals surface area contributed by atoms with E-state index in [0.717, 1.165) is 5.56 Å². The summed E-state index contributed by atoms with van der Waals surface area (Å²) in [7, 11) is 0. The van der Waals surface area contributed by atoms with Gasteiger partial charge in [-0.05, 0) is 42.3 Å². The van der Waals surface area contributed by atoms with Gasteiger partial charge in [0.1, 0.15) is 23.1 Å². The Bertz CT molecular complexity index is 1310. The van der Waals surface area contributed by atoms with E-state index in [9.17, 15) is 19.1 Å². The number of nitrogens with zero attached hydrogens (tertiary/aromatic N) is 2. The highest BCUT2D eigenvalue weighted by Gasteiger charge is 2.60. The van der Waals surface area contributed by atoms with Gasteiger partial charge in [0.25, 0.3) is 5.91 Å². The Balaban J connectivity index is 1.66. The Morgan fingerprint density at radius 3 is 2.79 bits per heavy atom. The van der Waals surface area contributed by atoms with E-state index in [4.69, 9.17) is 16.7 Å². The van der Waals surface area contributed by atoms with Crippen LogP contribution in [0.5, 0.6) is 5.75 Å². The van der Waals surface area contributed by atoms with E-state index in [1.54, 1.807) is 30.0 Å². The van der Waals surface area contributed by atoms with Crippen molar-refractivity contribution in [2.75, 3.05) is 26.2 Å².